The molecule has 73 heavy (non-hydrogen) atoms. The first-order chi connectivity index (χ1) is 36.0. The summed E-state index contributed by atoms with van der Waals surface area (Å²) in [4.78, 5) is 24.5. The summed E-state index contributed by atoms with van der Waals surface area (Å²) in [6.45, 7) is 4.88. The van der Waals surface area contributed by atoms with Gasteiger partial charge in [0.2, 0.25) is 5.91 Å². The molecule has 6 heteroatoms. The highest BCUT2D eigenvalue weighted by molar-refractivity contribution is 5.76. The lowest BCUT2D eigenvalue weighted by molar-refractivity contribution is -0.143. The molecule has 0 rings (SSSR count). The van der Waals surface area contributed by atoms with E-state index in [0.717, 1.165) is 51.4 Å². The van der Waals surface area contributed by atoms with Gasteiger partial charge in [0.15, 0.2) is 0 Å². The van der Waals surface area contributed by atoms with Crippen molar-refractivity contribution in [3.63, 3.8) is 0 Å². The second-order valence-corrected chi connectivity index (χ2v) is 22.1. The lowest BCUT2D eigenvalue weighted by Crippen LogP contribution is -2.45. The fraction of sp³-hybridized carbons (Fsp3) is 0.851. The van der Waals surface area contributed by atoms with E-state index < -0.39 is 12.1 Å². The molecular formula is C67H125NO5. The van der Waals surface area contributed by atoms with Crippen molar-refractivity contribution in [2.24, 2.45) is 0 Å². The number of allylic oxidation sites excluding steroid dienone is 7. The average molecular weight is 1020 g/mol. The van der Waals surface area contributed by atoms with Gasteiger partial charge in [-0.3, -0.25) is 9.59 Å². The van der Waals surface area contributed by atoms with Gasteiger partial charge < -0.3 is 20.3 Å². The molecule has 1 amide bonds. The third-order valence-electron chi connectivity index (χ3n) is 14.8. The summed E-state index contributed by atoms with van der Waals surface area (Å²) in [6, 6.07) is -0.629. The van der Waals surface area contributed by atoms with Crippen LogP contribution in [0.4, 0.5) is 0 Å². The molecule has 0 aliphatic carbocycles. The predicted molar refractivity (Wildman–Crippen MR) is 319 cm³/mol. The number of hydrogen-bond donors (Lipinski definition) is 3. The molecule has 0 saturated carbocycles. The minimum Gasteiger partial charge on any atom is -0.466 e. The number of nitrogens with one attached hydrogen (secondary N) is 1. The third-order valence-corrected chi connectivity index (χ3v) is 14.8. The number of rotatable bonds is 60. The van der Waals surface area contributed by atoms with Crippen LogP contribution in [0.15, 0.2) is 48.6 Å². The highest BCUT2D eigenvalue weighted by Gasteiger charge is 2.18. The third kappa shape index (κ3) is 58.9. The minimum absolute atomic E-state index is 0.000456. The fourth-order valence-electron chi connectivity index (χ4n) is 9.84. The zero-order valence-corrected chi connectivity index (χ0v) is 48.9. The van der Waals surface area contributed by atoms with Crippen LogP contribution in [0.2, 0.25) is 0 Å². The Morgan fingerprint density at radius 1 is 0.384 bits per heavy atom. The molecule has 2 unspecified atom stereocenters. The van der Waals surface area contributed by atoms with Crippen LogP contribution in [0.1, 0.15) is 341 Å². The van der Waals surface area contributed by atoms with Gasteiger partial charge in [-0.15, -0.1) is 0 Å². The van der Waals surface area contributed by atoms with Crippen molar-refractivity contribution in [3.05, 3.63) is 48.6 Å². The predicted octanol–water partition coefficient (Wildman–Crippen LogP) is 20.5. The van der Waals surface area contributed by atoms with Gasteiger partial charge in [-0.05, 0) is 89.9 Å². The maximum absolute atomic E-state index is 12.5. The van der Waals surface area contributed by atoms with Gasteiger partial charge in [0.25, 0.3) is 0 Å². The number of unbranched alkanes of at least 4 members (excludes halogenated alkanes) is 43. The molecule has 0 fully saturated rings. The number of carbonyl (C=O) groups excluding carboxylic acids is 2. The van der Waals surface area contributed by atoms with Crippen molar-refractivity contribution < 1.29 is 24.5 Å². The highest BCUT2D eigenvalue weighted by Crippen LogP contribution is 2.17. The van der Waals surface area contributed by atoms with Gasteiger partial charge in [-0.25, -0.2) is 0 Å². The molecule has 0 aromatic carbocycles. The fourth-order valence-corrected chi connectivity index (χ4v) is 9.84. The molecule has 0 spiro atoms. The Balaban J connectivity index is 3.40. The van der Waals surface area contributed by atoms with E-state index in [9.17, 15) is 19.8 Å². The van der Waals surface area contributed by atoms with Gasteiger partial charge in [-0.2, -0.15) is 0 Å². The number of carbonyl (C=O) groups is 2. The smallest absolute Gasteiger partial charge is 0.305 e. The van der Waals surface area contributed by atoms with E-state index in [1.54, 1.807) is 6.08 Å². The maximum Gasteiger partial charge on any atom is 0.305 e. The van der Waals surface area contributed by atoms with Gasteiger partial charge in [0.05, 0.1) is 25.4 Å². The summed E-state index contributed by atoms with van der Waals surface area (Å²) < 4.78 is 5.48. The van der Waals surface area contributed by atoms with Gasteiger partial charge >= 0.3 is 5.97 Å². The molecule has 428 valence electrons. The number of hydrogen-bond acceptors (Lipinski definition) is 5. The molecule has 2 atom stereocenters. The average Bonchev–Trinajstić information content (AvgIpc) is 3.39. The van der Waals surface area contributed by atoms with Crippen molar-refractivity contribution in [1.29, 1.82) is 0 Å². The molecule has 0 aliphatic rings. The summed E-state index contributed by atoms with van der Waals surface area (Å²) in [5.74, 6) is -0.0678. The van der Waals surface area contributed by atoms with Crippen molar-refractivity contribution in [3.8, 4) is 0 Å². The Morgan fingerprint density at radius 3 is 1.08 bits per heavy atom. The van der Waals surface area contributed by atoms with E-state index >= 15 is 0 Å². The molecule has 0 aromatic heterocycles. The van der Waals surface area contributed by atoms with Crippen molar-refractivity contribution in [2.45, 2.75) is 353 Å². The molecule has 0 radical (unpaired) electrons. The first kappa shape index (κ1) is 70.8. The number of aliphatic hydroxyl groups is 2. The molecular weight excluding hydrogens is 899 g/mol. The molecule has 0 saturated heterocycles. The standard InChI is InChI=1S/C67H125NO5/c1-3-5-7-9-11-13-15-17-32-37-41-45-49-53-57-61-67(72)73-62-58-54-50-46-42-38-34-31-29-27-25-23-21-19-20-22-24-26-28-30-33-36-40-44-48-52-56-60-66(71)68-64(63-69)65(70)59-55-51-47-43-39-35-18-16-14-12-10-8-6-4-2/h11,13,17,19-20,32,55,59,64-65,69-70H,3-10,12,14-16,18,21-31,33-54,56-58,60-63H2,1-2H3,(H,68,71)/b13-11-,20-19-,32-17-,59-55+. The van der Waals surface area contributed by atoms with Gasteiger partial charge in [0.1, 0.15) is 0 Å². The van der Waals surface area contributed by atoms with Gasteiger partial charge in [0, 0.05) is 12.8 Å². The molecule has 0 bridgehead atoms. The van der Waals surface area contributed by atoms with E-state index in [1.165, 1.54) is 263 Å². The Bertz CT molecular complexity index is 1230. The van der Waals surface area contributed by atoms with Crippen LogP contribution in [0.25, 0.3) is 0 Å². The van der Waals surface area contributed by atoms with E-state index in [1.807, 2.05) is 6.08 Å². The Labute approximate surface area is 455 Å². The Kier molecular flexibility index (Phi) is 60.5. The second-order valence-electron chi connectivity index (χ2n) is 22.1. The molecule has 6 nitrogen and oxygen atoms in total. The number of esters is 1. The van der Waals surface area contributed by atoms with Crippen LogP contribution in [0.3, 0.4) is 0 Å². The van der Waals surface area contributed by atoms with Crippen molar-refractivity contribution >= 4 is 11.9 Å². The Hall–Kier alpha value is -2.18. The lowest BCUT2D eigenvalue weighted by atomic mass is 10.0. The molecule has 0 aromatic rings. The van der Waals surface area contributed by atoms with Crippen LogP contribution in [0.5, 0.6) is 0 Å². The monoisotopic (exact) mass is 1020 g/mol. The maximum atomic E-state index is 12.5. The van der Waals surface area contributed by atoms with Crippen molar-refractivity contribution in [2.75, 3.05) is 13.2 Å². The van der Waals surface area contributed by atoms with Crippen LogP contribution >= 0.6 is 0 Å². The normalized spacial score (nSPS) is 12.9. The largest absolute Gasteiger partial charge is 0.466 e. The van der Waals surface area contributed by atoms with E-state index in [-0.39, 0.29) is 18.5 Å². The molecule has 3 N–H and O–H groups in total. The summed E-state index contributed by atoms with van der Waals surface area (Å²) >= 11 is 0. The van der Waals surface area contributed by atoms with E-state index in [0.29, 0.717) is 19.4 Å². The van der Waals surface area contributed by atoms with Crippen molar-refractivity contribution in [1.82, 2.24) is 5.32 Å². The molecule has 0 heterocycles. The lowest BCUT2D eigenvalue weighted by Gasteiger charge is -2.20. The van der Waals surface area contributed by atoms with E-state index in [2.05, 4.69) is 55.6 Å². The summed E-state index contributed by atoms with van der Waals surface area (Å²) in [6.07, 6.45) is 80.2. The SMILES string of the molecule is CCCCC/C=C\C/C=C\CCCCCCCC(=O)OCCCCCCCCCCCCCC/C=C\CCCCCCCCCCCCCC(=O)NC(CO)C(O)/C=C/CCCCCCCCCCCCCC. The van der Waals surface area contributed by atoms with Crippen LogP contribution < -0.4 is 5.32 Å². The number of ether oxygens (including phenoxy) is 1. The first-order valence-electron chi connectivity index (χ1n) is 32.4. The number of amides is 1. The second kappa shape index (κ2) is 62.4. The van der Waals surface area contributed by atoms with Crippen LogP contribution in [-0.4, -0.2) is 47.4 Å². The number of aliphatic hydroxyl groups excluding tert-OH is 2. The first-order valence-corrected chi connectivity index (χ1v) is 32.4. The minimum atomic E-state index is -0.845. The zero-order chi connectivity index (χ0) is 52.9. The zero-order valence-electron chi connectivity index (χ0n) is 48.9. The van der Waals surface area contributed by atoms with Crippen LogP contribution in [0, 0.1) is 0 Å². The van der Waals surface area contributed by atoms with Crippen LogP contribution in [-0.2, 0) is 14.3 Å². The molecule has 0 aliphatic heterocycles. The summed E-state index contributed by atoms with van der Waals surface area (Å²) in [5.41, 5.74) is 0. The topological polar surface area (TPSA) is 95.9 Å². The van der Waals surface area contributed by atoms with E-state index in [4.69, 9.17) is 4.74 Å². The summed E-state index contributed by atoms with van der Waals surface area (Å²) in [5, 5.41) is 23.1. The highest BCUT2D eigenvalue weighted by atomic mass is 16.5. The van der Waals surface area contributed by atoms with Gasteiger partial charge in [-0.1, -0.05) is 287 Å². The Morgan fingerprint density at radius 2 is 0.685 bits per heavy atom. The summed E-state index contributed by atoms with van der Waals surface area (Å²) in [7, 11) is 0. The quantitative estimate of drug-likeness (QED) is 0.0320.